The van der Waals surface area contributed by atoms with Gasteiger partial charge in [0.05, 0.1) is 4.90 Å². The summed E-state index contributed by atoms with van der Waals surface area (Å²) in [6.45, 7) is 6.21. The lowest BCUT2D eigenvalue weighted by Gasteiger charge is -2.31. The molecular formula is C15H21N3O3S. The minimum atomic E-state index is -3.56. The van der Waals surface area contributed by atoms with Gasteiger partial charge in [0.15, 0.2) is 0 Å². The monoisotopic (exact) mass is 323 g/mol. The van der Waals surface area contributed by atoms with E-state index in [2.05, 4.69) is 16.8 Å². The average Bonchev–Trinajstić information content (AvgIpc) is 2.53. The van der Waals surface area contributed by atoms with Crippen molar-refractivity contribution in [3.05, 3.63) is 42.5 Å². The van der Waals surface area contributed by atoms with Crippen LogP contribution in [-0.4, -0.2) is 63.3 Å². The van der Waals surface area contributed by atoms with Crippen LogP contribution in [0.5, 0.6) is 0 Å². The zero-order valence-electron chi connectivity index (χ0n) is 12.7. The van der Waals surface area contributed by atoms with E-state index in [1.165, 1.54) is 16.4 Å². The van der Waals surface area contributed by atoms with E-state index in [1.54, 1.807) is 18.2 Å². The van der Waals surface area contributed by atoms with Crippen molar-refractivity contribution < 1.29 is 13.2 Å². The van der Waals surface area contributed by atoms with Crippen molar-refractivity contribution in [1.82, 2.24) is 14.5 Å². The van der Waals surface area contributed by atoms with E-state index >= 15 is 0 Å². The first-order valence-electron chi connectivity index (χ1n) is 7.13. The highest BCUT2D eigenvalue weighted by Gasteiger charge is 2.27. The Balaban J connectivity index is 2.21. The highest BCUT2D eigenvalue weighted by atomic mass is 32.2. The number of sulfonamides is 1. The molecule has 1 aliphatic rings. The maximum atomic E-state index is 12.6. The Bertz CT molecular complexity index is 650. The number of likely N-dealkylation sites (N-methyl/N-ethyl adjacent to an activating group) is 1. The molecule has 0 aliphatic carbocycles. The van der Waals surface area contributed by atoms with Gasteiger partial charge in [-0.3, -0.25) is 4.79 Å². The van der Waals surface area contributed by atoms with Gasteiger partial charge in [0.1, 0.15) is 0 Å². The van der Waals surface area contributed by atoms with E-state index in [-0.39, 0.29) is 10.8 Å². The third kappa shape index (κ3) is 3.73. The van der Waals surface area contributed by atoms with Crippen LogP contribution in [0, 0.1) is 0 Å². The lowest BCUT2D eigenvalue weighted by molar-refractivity contribution is 0.0958. The molecule has 6 nitrogen and oxygen atoms in total. The quantitative estimate of drug-likeness (QED) is 0.803. The summed E-state index contributed by atoms with van der Waals surface area (Å²) in [5.74, 6) is -0.310. The van der Waals surface area contributed by atoms with Crippen molar-refractivity contribution >= 4 is 15.9 Å². The Hall–Kier alpha value is -1.70. The van der Waals surface area contributed by atoms with Crippen molar-refractivity contribution in [1.29, 1.82) is 0 Å². The Morgan fingerprint density at radius 3 is 2.64 bits per heavy atom. The van der Waals surface area contributed by atoms with Gasteiger partial charge in [0.25, 0.3) is 5.91 Å². The normalized spacial score (nSPS) is 17.1. The summed E-state index contributed by atoms with van der Waals surface area (Å²) in [5.41, 5.74) is 0.331. The Labute approximate surface area is 131 Å². The van der Waals surface area contributed by atoms with Crippen LogP contribution in [0.2, 0.25) is 0 Å². The number of amides is 1. The first-order valence-corrected chi connectivity index (χ1v) is 8.57. The lowest BCUT2D eigenvalue weighted by Crippen LogP contribution is -2.47. The van der Waals surface area contributed by atoms with Crippen molar-refractivity contribution in [2.45, 2.75) is 4.90 Å². The van der Waals surface area contributed by atoms with Gasteiger partial charge in [0.2, 0.25) is 10.0 Å². The van der Waals surface area contributed by atoms with Crippen molar-refractivity contribution in [2.24, 2.45) is 0 Å². The maximum absolute atomic E-state index is 12.6. The van der Waals surface area contributed by atoms with Crippen LogP contribution in [0.25, 0.3) is 0 Å². The fourth-order valence-electron chi connectivity index (χ4n) is 2.24. The van der Waals surface area contributed by atoms with E-state index in [0.29, 0.717) is 38.3 Å². The molecule has 1 aromatic rings. The van der Waals surface area contributed by atoms with Crippen LogP contribution >= 0.6 is 0 Å². The third-order valence-electron chi connectivity index (χ3n) is 3.60. The predicted molar refractivity (Wildman–Crippen MR) is 85.2 cm³/mol. The molecule has 0 spiro atoms. The number of nitrogens with zero attached hydrogens (tertiary/aromatic N) is 2. The highest BCUT2D eigenvalue weighted by Crippen LogP contribution is 2.18. The van der Waals surface area contributed by atoms with Crippen LogP contribution < -0.4 is 5.32 Å². The van der Waals surface area contributed by atoms with E-state index in [0.717, 1.165) is 0 Å². The first kappa shape index (κ1) is 16.7. The van der Waals surface area contributed by atoms with Gasteiger partial charge in [-0.25, -0.2) is 8.42 Å². The molecule has 0 unspecified atom stereocenters. The zero-order valence-corrected chi connectivity index (χ0v) is 13.5. The fraction of sp³-hybridized carbons (Fsp3) is 0.400. The van der Waals surface area contributed by atoms with E-state index in [4.69, 9.17) is 0 Å². The molecule has 120 valence electrons. The molecule has 1 aliphatic heterocycles. The van der Waals surface area contributed by atoms with Crippen LogP contribution in [0.15, 0.2) is 41.8 Å². The number of nitrogens with one attached hydrogen (secondary N) is 1. The molecule has 0 radical (unpaired) electrons. The molecule has 1 N–H and O–H groups in total. The van der Waals surface area contributed by atoms with Gasteiger partial charge in [-0.2, -0.15) is 4.31 Å². The van der Waals surface area contributed by atoms with E-state index in [9.17, 15) is 13.2 Å². The Morgan fingerprint density at radius 1 is 1.32 bits per heavy atom. The molecule has 1 amide bonds. The van der Waals surface area contributed by atoms with Gasteiger partial charge < -0.3 is 10.2 Å². The molecular weight excluding hydrogens is 302 g/mol. The summed E-state index contributed by atoms with van der Waals surface area (Å²) in [5, 5.41) is 2.64. The molecule has 1 heterocycles. The maximum Gasteiger partial charge on any atom is 0.251 e. The molecule has 1 fully saturated rings. The average molecular weight is 323 g/mol. The predicted octanol–water partition coefficient (Wildman–Crippen LogP) is 0.539. The molecule has 1 aromatic carbocycles. The van der Waals surface area contributed by atoms with Crippen molar-refractivity contribution in [3.63, 3.8) is 0 Å². The molecule has 0 bridgehead atoms. The molecule has 7 heteroatoms. The minimum absolute atomic E-state index is 0.156. The summed E-state index contributed by atoms with van der Waals surface area (Å²) in [4.78, 5) is 14.2. The van der Waals surface area contributed by atoms with Crippen molar-refractivity contribution in [3.8, 4) is 0 Å². The fourth-order valence-corrected chi connectivity index (χ4v) is 3.71. The summed E-state index contributed by atoms with van der Waals surface area (Å²) in [6, 6.07) is 6.14. The number of benzene rings is 1. The summed E-state index contributed by atoms with van der Waals surface area (Å²) in [6.07, 6.45) is 1.57. The van der Waals surface area contributed by atoms with Gasteiger partial charge in [0, 0.05) is 38.3 Å². The highest BCUT2D eigenvalue weighted by molar-refractivity contribution is 7.89. The molecule has 0 atom stereocenters. The Kier molecular flexibility index (Phi) is 5.33. The minimum Gasteiger partial charge on any atom is -0.349 e. The number of carbonyl (C=O) groups is 1. The van der Waals surface area contributed by atoms with Crippen LogP contribution in [0.4, 0.5) is 0 Å². The summed E-state index contributed by atoms with van der Waals surface area (Å²) >= 11 is 0. The van der Waals surface area contributed by atoms with Gasteiger partial charge >= 0.3 is 0 Å². The largest absolute Gasteiger partial charge is 0.349 e. The third-order valence-corrected chi connectivity index (χ3v) is 5.50. The number of rotatable bonds is 5. The summed E-state index contributed by atoms with van der Waals surface area (Å²) in [7, 11) is -1.59. The molecule has 22 heavy (non-hydrogen) atoms. The van der Waals surface area contributed by atoms with Gasteiger partial charge in [-0.15, -0.1) is 6.58 Å². The number of carbonyl (C=O) groups excluding carboxylic acids is 1. The molecule has 1 saturated heterocycles. The standard InChI is InChI=1S/C15H21N3O3S/c1-3-7-16-15(19)13-5-4-6-14(12-13)22(20,21)18-10-8-17(2)9-11-18/h3-6,12H,1,7-11H2,2H3,(H,16,19). The Morgan fingerprint density at radius 2 is 2.00 bits per heavy atom. The van der Waals surface area contributed by atoms with E-state index in [1.807, 2.05) is 7.05 Å². The topological polar surface area (TPSA) is 69.7 Å². The van der Waals surface area contributed by atoms with Gasteiger partial charge in [-0.1, -0.05) is 12.1 Å². The van der Waals surface area contributed by atoms with Gasteiger partial charge in [-0.05, 0) is 25.2 Å². The van der Waals surface area contributed by atoms with Crippen LogP contribution in [-0.2, 0) is 10.0 Å². The second-order valence-electron chi connectivity index (χ2n) is 5.23. The molecule has 2 rings (SSSR count). The first-order chi connectivity index (χ1) is 10.4. The second kappa shape index (κ2) is 7.04. The SMILES string of the molecule is C=CCNC(=O)c1cccc(S(=O)(=O)N2CCN(C)CC2)c1. The zero-order chi connectivity index (χ0) is 16.2. The molecule has 0 aromatic heterocycles. The van der Waals surface area contributed by atoms with E-state index < -0.39 is 10.0 Å². The molecule has 0 saturated carbocycles. The van der Waals surface area contributed by atoms with Crippen molar-refractivity contribution in [2.75, 3.05) is 39.8 Å². The smallest absolute Gasteiger partial charge is 0.251 e. The van der Waals surface area contributed by atoms with Crippen LogP contribution in [0.1, 0.15) is 10.4 Å². The number of hydrogen-bond acceptors (Lipinski definition) is 4. The lowest BCUT2D eigenvalue weighted by atomic mass is 10.2. The van der Waals surface area contributed by atoms with Crippen LogP contribution in [0.3, 0.4) is 0 Å². The number of hydrogen-bond donors (Lipinski definition) is 1. The second-order valence-corrected chi connectivity index (χ2v) is 7.17. The number of piperazine rings is 1. The summed E-state index contributed by atoms with van der Waals surface area (Å²) < 4.78 is 26.8.